The lowest BCUT2D eigenvalue weighted by Gasteiger charge is -2.21. The molecule has 1 fully saturated rings. The van der Waals surface area contributed by atoms with E-state index in [0.717, 1.165) is 31.4 Å². The molecule has 2 rings (SSSR count). The lowest BCUT2D eigenvalue weighted by molar-refractivity contribution is -0.131. The largest absolute Gasteiger partial charge is 0.341 e. The number of nitrogens with two attached hydrogens (primary N) is 1. The van der Waals surface area contributed by atoms with Crippen molar-refractivity contribution in [2.75, 3.05) is 7.05 Å². The maximum absolute atomic E-state index is 13.1. The number of hydrogen-bond donors (Lipinski definition) is 1. The summed E-state index contributed by atoms with van der Waals surface area (Å²) in [5.41, 5.74) is 6.53. The molecule has 118 valence electrons. The van der Waals surface area contributed by atoms with Crippen molar-refractivity contribution in [2.45, 2.75) is 38.3 Å². The van der Waals surface area contributed by atoms with Gasteiger partial charge in [-0.3, -0.25) is 4.79 Å². The summed E-state index contributed by atoms with van der Waals surface area (Å²) in [4.78, 5) is 13.6. The van der Waals surface area contributed by atoms with Crippen molar-refractivity contribution in [1.82, 2.24) is 4.90 Å². The van der Waals surface area contributed by atoms with Crippen molar-refractivity contribution in [3.8, 4) is 0 Å². The van der Waals surface area contributed by atoms with Gasteiger partial charge in [-0.2, -0.15) is 0 Å². The standard InChI is InChI=1S/C15H20F2N2O.ClH/c1-19(9-10-5-6-12(16)13(17)7-10)15(20)8-11-3-2-4-14(11)18;/h5-7,11,14H,2-4,8-9,18H2,1H3;1H/t11-,14+;/m0./s1. The first-order valence-electron chi connectivity index (χ1n) is 6.91. The molecule has 0 heterocycles. The fourth-order valence-corrected chi connectivity index (χ4v) is 2.70. The number of amides is 1. The Labute approximate surface area is 129 Å². The van der Waals surface area contributed by atoms with E-state index in [-0.39, 0.29) is 36.8 Å². The van der Waals surface area contributed by atoms with Crippen molar-refractivity contribution >= 4 is 18.3 Å². The van der Waals surface area contributed by atoms with Gasteiger partial charge in [0.05, 0.1) is 0 Å². The first-order chi connectivity index (χ1) is 9.47. The lowest BCUT2D eigenvalue weighted by atomic mass is 9.99. The van der Waals surface area contributed by atoms with E-state index in [2.05, 4.69) is 0 Å². The predicted molar refractivity (Wildman–Crippen MR) is 80.0 cm³/mol. The fraction of sp³-hybridized carbons (Fsp3) is 0.533. The van der Waals surface area contributed by atoms with Crippen LogP contribution >= 0.6 is 12.4 Å². The van der Waals surface area contributed by atoms with Gasteiger partial charge in [-0.25, -0.2) is 8.78 Å². The Balaban J connectivity index is 0.00000220. The Bertz CT molecular complexity index is 499. The van der Waals surface area contributed by atoms with Crippen molar-refractivity contribution in [3.63, 3.8) is 0 Å². The molecule has 1 saturated carbocycles. The SMILES string of the molecule is CN(Cc1ccc(F)c(F)c1)C(=O)C[C@@H]1CCC[C@H]1N.Cl. The average Bonchev–Trinajstić information content (AvgIpc) is 2.79. The predicted octanol–water partition coefficient (Wildman–Crippen LogP) is 2.86. The molecule has 0 unspecified atom stereocenters. The Morgan fingerprint density at radius 3 is 2.62 bits per heavy atom. The number of rotatable bonds is 4. The molecule has 1 aromatic rings. The third-order valence-corrected chi connectivity index (χ3v) is 3.98. The third-order valence-electron chi connectivity index (χ3n) is 3.98. The smallest absolute Gasteiger partial charge is 0.222 e. The average molecular weight is 319 g/mol. The molecular formula is C15H21ClF2N2O. The third kappa shape index (κ3) is 4.64. The van der Waals surface area contributed by atoms with Crippen LogP contribution in [0.3, 0.4) is 0 Å². The van der Waals surface area contributed by atoms with Crippen LogP contribution in [0.15, 0.2) is 18.2 Å². The van der Waals surface area contributed by atoms with Crippen LogP contribution in [0.2, 0.25) is 0 Å². The zero-order valence-electron chi connectivity index (χ0n) is 12.0. The highest BCUT2D eigenvalue weighted by Gasteiger charge is 2.27. The summed E-state index contributed by atoms with van der Waals surface area (Å²) >= 11 is 0. The van der Waals surface area contributed by atoms with Gasteiger partial charge in [0.15, 0.2) is 11.6 Å². The normalized spacial score (nSPS) is 21.0. The van der Waals surface area contributed by atoms with E-state index in [4.69, 9.17) is 5.73 Å². The van der Waals surface area contributed by atoms with Crippen LogP contribution in [0.25, 0.3) is 0 Å². The van der Waals surface area contributed by atoms with E-state index in [9.17, 15) is 13.6 Å². The van der Waals surface area contributed by atoms with Crippen molar-refractivity contribution < 1.29 is 13.6 Å². The molecule has 0 spiro atoms. The molecule has 21 heavy (non-hydrogen) atoms. The number of benzene rings is 1. The fourth-order valence-electron chi connectivity index (χ4n) is 2.70. The maximum atomic E-state index is 13.1. The molecule has 6 heteroatoms. The van der Waals surface area contributed by atoms with Crippen LogP contribution in [-0.2, 0) is 11.3 Å². The van der Waals surface area contributed by atoms with Crippen LogP contribution in [-0.4, -0.2) is 23.9 Å². The number of carbonyl (C=O) groups is 1. The zero-order valence-corrected chi connectivity index (χ0v) is 12.8. The van der Waals surface area contributed by atoms with Crippen molar-refractivity contribution in [1.29, 1.82) is 0 Å². The van der Waals surface area contributed by atoms with E-state index in [1.165, 1.54) is 11.0 Å². The number of carbonyl (C=O) groups excluding carboxylic acids is 1. The molecule has 0 radical (unpaired) electrons. The second-order valence-electron chi connectivity index (χ2n) is 5.56. The van der Waals surface area contributed by atoms with Gasteiger partial charge in [0.25, 0.3) is 0 Å². The van der Waals surface area contributed by atoms with E-state index in [1.54, 1.807) is 7.05 Å². The van der Waals surface area contributed by atoms with E-state index in [0.29, 0.717) is 12.0 Å². The lowest BCUT2D eigenvalue weighted by Crippen LogP contribution is -2.32. The molecule has 1 aliphatic carbocycles. The number of halogens is 3. The van der Waals surface area contributed by atoms with Crippen LogP contribution in [0, 0.1) is 17.6 Å². The molecule has 0 aliphatic heterocycles. The summed E-state index contributed by atoms with van der Waals surface area (Å²) in [6, 6.07) is 3.80. The summed E-state index contributed by atoms with van der Waals surface area (Å²) < 4.78 is 26.0. The molecular weight excluding hydrogens is 298 g/mol. The molecule has 3 nitrogen and oxygen atoms in total. The van der Waals surface area contributed by atoms with Gasteiger partial charge < -0.3 is 10.6 Å². The minimum Gasteiger partial charge on any atom is -0.341 e. The Morgan fingerprint density at radius 2 is 2.05 bits per heavy atom. The van der Waals surface area contributed by atoms with Crippen molar-refractivity contribution in [3.05, 3.63) is 35.4 Å². The second-order valence-corrected chi connectivity index (χ2v) is 5.56. The molecule has 0 aromatic heterocycles. The monoisotopic (exact) mass is 318 g/mol. The quantitative estimate of drug-likeness (QED) is 0.928. The van der Waals surface area contributed by atoms with Gasteiger partial charge in [0, 0.05) is 26.1 Å². The summed E-state index contributed by atoms with van der Waals surface area (Å²) in [5.74, 6) is -1.52. The number of nitrogens with zero attached hydrogens (tertiary/aromatic N) is 1. The van der Waals surface area contributed by atoms with E-state index < -0.39 is 11.6 Å². The molecule has 1 aromatic carbocycles. The van der Waals surface area contributed by atoms with Crippen LogP contribution in [0.4, 0.5) is 8.78 Å². The molecule has 2 N–H and O–H groups in total. The van der Waals surface area contributed by atoms with Gasteiger partial charge in [-0.05, 0) is 36.5 Å². The Morgan fingerprint density at radius 1 is 1.33 bits per heavy atom. The first-order valence-corrected chi connectivity index (χ1v) is 6.91. The van der Waals surface area contributed by atoms with Crippen LogP contribution in [0.5, 0.6) is 0 Å². The molecule has 0 saturated heterocycles. The minimum absolute atomic E-state index is 0. The number of hydrogen-bond acceptors (Lipinski definition) is 2. The Hall–Kier alpha value is -1.20. The van der Waals surface area contributed by atoms with E-state index >= 15 is 0 Å². The first kappa shape index (κ1) is 17.9. The highest BCUT2D eigenvalue weighted by molar-refractivity contribution is 5.85. The maximum Gasteiger partial charge on any atom is 0.222 e. The Kier molecular flexibility index (Phi) is 6.55. The summed E-state index contributed by atoms with van der Waals surface area (Å²) in [6.07, 6.45) is 3.48. The zero-order chi connectivity index (χ0) is 14.7. The molecule has 1 amide bonds. The summed E-state index contributed by atoms with van der Waals surface area (Å²) in [7, 11) is 1.67. The van der Waals surface area contributed by atoms with Crippen molar-refractivity contribution in [2.24, 2.45) is 11.7 Å². The summed E-state index contributed by atoms with van der Waals surface area (Å²) in [5, 5.41) is 0. The highest BCUT2D eigenvalue weighted by Crippen LogP contribution is 2.27. The van der Waals surface area contributed by atoms with Crippen LogP contribution < -0.4 is 5.73 Å². The molecule has 2 atom stereocenters. The highest BCUT2D eigenvalue weighted by atomic mass is 35.5. The second kappa shape index (κ2) is 7.71. The van der Waals surface area contributed by atoms with Gasteiger partial charge in [0.1, 0.15) is 0 Å². The molecule has 1 aliphatic rings. The van der Waals surface area contributed by atoms with Gasteiger partial charge >= 0.3 is 0 Å². The van der Waals surface area contributed by atoms with Crippen LogP contribution in [0.1, 0.15) is 31.2 Å². The van der Waals surface area contributed by atoms with Gasteiger partial charge in [-0.15, -0.1) is 12.4 Å². The molecule has 0 bridgehead atoms. The topological polar surface area (TPSA) is 46.3 Å². The summed E-state index contributed by atoms with van der Waals surface area (Å²) in [6.45, 7) is 0.276. The minimum atomic E-state index is -0.888. The van der Waals surface area contributed by atoms with Gasteiger partial charge in [0.2, 0.25) is 5.91 Å². The van der Waals surface area contributed by atoms with Gasteiger partial charge in [-0.1, -0.05) is 12.5 Å². The van der Waals surface area contributed by atoms with E-state index in [1.807, 2.05) is 0 Å².